The van der Waals surface area contributed by atoms with Crippen molar-refractivity contribution < 1.29 is 13.2 Å². The molecule has 0 aromatic carbocycles. The summed E-state index contributed by atoms with van der Waals surface area (Å²) < 4.78 is 25.1. The maximum atomic E-state index is 12.3. The van der Waals surface area contributed by atoms with Crippen LogP contribution in [0.4, 0.5) is 11.5 Å². The Balaban J connectivity index is 1.60. The molecule has 29 heavy (non-hydrogen) atoms. The van der Waals surface area contributed by atoms with Crippen LogP contribution in [0.2, 0.25) is 0 Å². The fourth-order valence-electron chi connectivity index (χ4n) is 2.58. The minimum atomic E-state index is -3.46. The number of anilines is 2. The molecule has 0 aliphatic rings. The van der Waals surface area contributed by atoms with Crippen molar-refractivity contribution >= 4 is 44.7 Å². The molecule has 3 aromatic rings. The van der Waals surface area contributed by atoms with Crippen LogP contribution in [0.3, 0.4) is 0 Å². The minimum Gasteiger partial charge on any atom is -0.382 e. The molecule has 1 amide bonds. The topological polar surface area (TPSA) is 156 Å². The Morgan fingerprint density at radius 1 is 1.38 bits per heavy atom. The summed E-state index contributed by atoms with van der Waals surface area (Å²) in [5.74, 6) is -0.0278. The maximum absolute atomic E-state index is 12.3. The van der Waals surface area contributed by atoms with E-state index in [9.17, 15) is 13.2 Å². The number of sulfonamides is 1. The summed E-state index contributed by atoms with van der Waals surface area (Å²) in [5, 5.41) is 2.86. The molecule has 3 aromatic heterocycles. The van der Waals surface area contributed by atoms with E-state index >= 15 is 0 Å². The summed E-state index contributed by atoms with van der Waals surface area (Å²) >= 11 is 0. The van der Waals surface area contributed by atoms with Crippen LogP contribution >= 0.6 is 0 Å². The number of carbonyl (C=O) groups is 1. The standard InChI is InChI=1S/C18H21N7O3S/c1-11(22-18(26)17-23-13-7-4-8-20-16(13)24-17)5-3-6-12-9-14(15(19)21-10-12)25-29(2,27)28/h3-4,6-11,25H,5H2,1-2H3,(H2,19,21)(H,22,26)(H,20,23,24)/b6-3+/t11-/m0/s1. The first-order valence-corrected chi connectivity index (χ1v) is 10.6. The Morgan fingerprint density at radius 2 is 2.17 bits per heavy atom. The van der Waals surface area contributed by atoms with Crippen LogP contribution in [-0.4, -0.2) is 46.6 Å². The number of nitrogens with zero attached hydrogens (tertiary/aromatic N) is 3. The first-order chi connectivity index (χ1) is 13.7. The Labute approximate surface area is 167 Å². The fraction of sp³-hybridized carbons (Fsp3) is 0.222. The zero-order valence-electron chi connectivity index (χ0n) is 15.9. The zero-order valence-corrected chi connectivity index (χ0v) is 16.7. The fourth-order valence-corrected chi connectivity index (χ4v) is 3.14. The quantitative estimate of drug-likeness (QED) is 0.456. The predicted molar refractivity (Wildman–Crippen MR) is 112 cm³/mol. The molecule has 152 valence electrons. The second kappa shape index (κ2) is 8.27. The van der Waals surface area contributed by atoms with Crippen molar-refractivity contribution in [2.75, 3.05) is 16.7 Å². The van der Waals surface area contributed by atoms with Crippen LogP contribution in [0.25, 0.3) is 17.2 Å². The van der Waals surface area contributed by atoms with E-state index in [0.29, 0.717) is 23.1 Å². The van der Waals surface area contributed by atoms with E-state index in [-0.39, 0.29) is 29.3 Å². The van der Waals surface area contributed by atoms with E-state index < -0.39 is 10.0 Å². The van der Waals surface area contributed by atoms with E-state index in [2.05, 4.69) is 30.0 Å². The molecular formula is C18H21N7O3S. The van der Waals surface area contributed by atoms with E-state index in [4.69, 9.17) is 5.73 Å². The molecule has 11 heteroatoms. The van der Waals surface area contributed by atoms with Gasteiger partial charge in [-0.05, 0) is 37.1 Å². The van der Waals surface area contributed by atoms with Crippen LogP contribution in [-0.2, 0) is 10.0 Å². The lowest BCUT2D eigenvalue weighted by atomic mass is 10.2. The summed E-state index contributed by atoms with van der Waals surface area (Å²) in [6.07, 6.45) is 8.35. The van der Waals surface area contributed by atoms with Crippen molar-refractivity contribution in [1.82, 2.24) is 25.3 Å². The highest BCUT2D eigenvalue weighted by atomic mass is 32.2. The second-order valence-corrected chi connectivity index (χ2v) is 8.30. The van der Waals surface area contributed by atoms with E-state index in [1.54, 1.807) is 30.5 Å². The van der Waals surface area contributed by atoms with Gasteiger partial charge in [-0.1, -0.05) is 12.2 Å². The van der Waals surface area contributed by atoms with Crippen LogP contribution in [0.5, 0.6) is 0 Å². The van der Waals surface area contributed by atoms with Crippen molar-refractivity contribution in [3.8, 4) is 0 Å². The number of pyridine rings is 2. The summed E-state index contributed by atoms with van der Waals surface area (Å²) in [6, 6.07) is 4.99. The zero-order chi connectivity index (χ0) is 21.0. The molecule has 1 atom stereocenters. The molecular weight excluding hydrogens is 394 g/mol. The van der Waals surface area contributed by atoms with Gasteiger partial charge in [0.05, 0.1) is 17.5 Å². The average Bonchev–Trinajstić information content (AvgIpc) is 3.07. The van der Waals surface area contributed by atoms with Crippen LogP contribution < -0.4 is 15.8 Å². The number of H-pyrrole nitrogens is 1. The van der Waals surface area contributed by atoms with Gasteiger partial charge in [-0.15, -0.1) is 0 Å². The predicted octanol–water partition coefficient (Wildman–Crippen LogP) is 1.53. The first kappa shape index (κ1) is 20.3. The molecule has 0 saturated heterocycles. The number of hydrogen-bond donors (Lipinski definition) is 4. The third-order valence-corrected chi connectivity index (χ3v) is 4.48. The van der Waals surface area contributed by atoms with E-state index in [0.717, 1.165) is 6.26 Å². The van der Waals surface area contributed by atoms with Crippen LogP contribution in [0.1, 0.15) is 29.5 Å². The van der Waals surface area contributed by atoms with Crippen LogP contribution in [0, 0.1) is 0 Å². The monoisotopic (exact) mass is 415 g/mol. The van der Waals surface area contributed by atoms with Crippen molar-refractivity contribution in [3.05, 3.63) is 48.1 Å². The van der Waals surface area contributed by atoms with E-state index in [1.165, 1.54) is 6.20 Å². The number of rotatable bonds is 7. The van der Waals surface area contributed by atoms with Crippen molar-refractivity contribution in [1.29, 1.82) is 0 Å². The molecule has 10 nitrogen and oxygen atoms in total. The second-order valence-electron chi connectivity index (χ2n) is 6.55. The minimum absolute atomic E-state index is 0.0912. The van der Waals surface area contributed by atoms with E-state index in [1.807, 2.05) is 13.0 Å². The number of nitrogens with one attached hydrogen (secondary N) is 3. The lowest BCUT2D eigenvalue weighted by Gasteiger charge is -2.10. The van der Waals surface area contributed by atoms with Gasteiger partial charge in [-0.3, -0.25) is 9.52 Å². The number of nitrogen functional groups attached to an aromatic ring is 1. The molecule has 0 unspecified atom stereocenters. The molecule has 3 rings (SSSR count). The Kier molecular flexibility index (Phi) is 5.78. The summed E-state index contributed by atoms with van der Waals surface area (Å²) in [7, 11) is -3.46. The smallest absolute Gasteiger partial charge is 0.287 e. The van der Waals surface area contributed by atoms with Gasteiger partial charge in [0, 0.05) is 18.4 Å². The van der Waals surface area contributed by atoms with Gasteiger partial charge in [0.1, 0.15) is 5.82 Å². The highest BCUT2D eigenvalue weighted by Crippen LogP contribution is 2.19. The third kappa shape index (κ3) is 5.51. The summed E-state index contributed by atoms with van der Waals surface area (Å²) in [6.45, 7) is 1.86. The third-order valence-electron chi connectivity index (χ3n) is 3.88. The van der Waals surface area contributed by atoms with Gasteiger partial charge in [0.25, 0.3) is 5.91 Å². The summed E-state index contributed by atoms with van der Waals surface area (Å²) in [4.78, 5) is 27.5. The SMILES string of the molecule is C[C@@H](C/C=C/c1cnc(N)c(NS(C)(=O)=O)c1)NC(=O)c1nc2ncccc2[nH]1. The lowest BCUT2D eigenvalue weighted by Crippen LogP contribution is -2.32. The Morgan fingerprint density at radius 3 is 2.90 bits per heavy atom. The van der Waals surface area contributed by atoms with Crippen molar-refractivity contribution in [2.24, 2.45) is 0 Å². The molecule has 0 bridgehead atoms. The highest BCUT2D eigenvalue weighted by molar-refractivity contribution is 7.92. The number of aromatic nitrogens is 4. The molecule has 0 radical (unpaired) electrons. The van der Waals surface area contributed by atoms with Gasteiger partial charge in [-0.2, -0.15) is 0 Å². The molecule has 0 fully saturated rings. The van der Waals surface area contributed by atoms with Crippen LogP contribution in [0.15, 0.2) is 36.7 Å². The summed E-state index contributed by atoms with van der Waals surface area (Å²) in [5.41, 5.74) is 7.76. The molecule has 0 saturated carbocycles. The number of carbonyl (C=O) groups excluding carboxylic acids is 1. The van der Waals surface area contributed by atoms with Crippen molar-refractivity contribution in [2.45, 2.75) is 19.4 Å². The van der Waals surface area contributed by atoms with Gasteiger partial charge in [0.2, 0.25) is 10.0 Å². The number of nitrogens with two attached hydrogens (primary N) is 1. The molecule has 5 N–H and O–H groups in total. The average molecular weight is 415 g/mol. The molecule has 0 aliphatic carbocycles. The number of aromatic amines is 1. The Bertz CT molecular complexity index is 1140. The number of fused-ring (bicyclic) bond motifs is 1. The van der Waals surface area contributed by atoms with Gasteiger partial charge >= 0.3 is 0 Å². The lowest BCUT2D eigenvalue weighted by molar-refractivity contribution is 0.0931. The number of hydrogen-bond acceptors (Lipinski definition) is 7. The first-order valence-electron chi connectivity index (χ1n) is 8.73. The largest absolute Gasteiger partial charge is 0.382 e. The van der Waals surface area contributed by atoms with Gasteiger partial charge in [-0.25, -0.2) is 23.4 Å². The normalized spacial score (nSPS) is 12.9. The molecule has 0 aliphatic heterocycles. The number of imidazole rings is 1. The van der Waals surface area contributed by atoms with Gasteiger partial charge in [0.15, 0.2) is 11.5 Å². The molecule has 0 spiro atoms. The molecule has 3 heterocycles. The van der Waals surface area contributed by atoms with Gasteiger partial charge < -0.3 is 16.0 Å². The van der Waals surface area contributed by atoms with Crippen molar-refractivity contribution in [3.63, 3.8) is 0 Å². The Hall–Kier alpha value is -3.47. The maximum Gasteiger partial charge on any atom is 0.287 e. The highest BCUT2D eigenvalue weighted by Gasteiger charge is 2.14. The number of amides is 1.